The summed E-state index contributed by atoms with van der Waals surface area (Å²) < 4.78 is 0. The van der Waals surface area contributed by atoms with Gasteiger partial charge in [-0.05, 0) is 24.5 Å². The smallest absolute Gasteiger partial charge is 0.314 e. The zero-order valence-corrected chi connectivity index (χ0v) is 8.43. The molecule has 0 saturated carbocycles. The molecule has 0 atom stereocenters. The molecule has 1 aromatic carbocycles. The zero-order chi connectivity index (χ0) is 11.4. The van der Waals surface area contributed by atoms with Crippen molar-refractivity contribution < 1.29 is 15.1 Å². The van der Waals surface area contributed by atoms with Crippen molar-refractivity contribution >= 4 is 5.69 Å². The van der Waals surface area contributed by atoms with Crippen molar-refractivity contribution in [1.29, 1.82) is 0 Å². The minimum atomic E-state index is -0.704. The number of rotatable bonds is 4. The third-order valence-corrected chi connectivity index (χ3v) is 2.15. The maximum Gasteiger partial charge on any atom is 0.314 e. The number of nitro benzene ring substituents is 1. The number of unbranched alkanes of at least 4 members (excludes halogenated alkanes) is 1. The summed E-state index contributed by atoms with van der Waals surface area (Å²) in [4.78, 5) is 9.83. The molecule has 15 heavy (non-hydrogen) atoms. The normalized spacial score (nSPS) is 10.2. The minimum absolute atomic E-state index is 0.435. The summed E-state index contributed by atoms with van der Waals surface area (Å²) in [6.45, 7) is 2.01. The largest absolute Gasteiger partial charge is 0.504 e. The van der Waals surface area contributed by atoms with Crippen LogP contribution in [0.15, 0.2) is 12.1 Å². The second-order valence-corrected chi connectivity index (χ2v) is 3.34. The van der Waals surface area contributed by atoms with Crippen LogP contribution in [-0.4, -0.2) is 15.1 Å². The van der Waals surface area contributed by atoms with Gasteiger partial charge in [0.25, 0.3) is 0 Å². The van der Waals surface area contributed by atoms with E-state index in [0.29, 0.717) is 12.0 Å². The van der Waals surface area contributed by atoms with E-state index in [2.05, 4.69) is 0 Å². The number of hydrogen-bond donors (Lipinski definition) is 2. The van der Waals surface area contributed by atoms with E-state index >= 15 is 0 Å². The molecule has 1 rings (SSSR count). The van der Waals surface area contributed by atoms with Gasteiger partial charge in [-0.25, -0.2) is 0 Å². The Bertz CT molecular complexity index is 376. The zero-order valence-electron chi connectivity index (χ0n) is 8.43. The van der Waals surface area contributed by atoms with E-state index in [-0.39, 0.29) is 0 Å². The molecule has 5 nitrogen and oxygen atoms in total. The highest BCUT2D eigenvalue weighted by atomic mass is 16.6. The van der Waals surface area contributed by atoms with E-state index < -0.39 is 22.1 Å². The standard InChI is InChI=1S/C10H13NO4/c1-2-3-4-7-5-8(11(14)15)10(13)9(12)6-7/h5-6,12-13H,2-4H2,1H3. The number of aryl methyl sites for hydroxylation is 1. The van der Waals surface area contributed by atoms with Crippen LogP contribution in [0.5, 0.6) is 11.5 Å². The monoisotopic (exact) mass is 211 g/mol. The third kappa shape index (κ3) is 2.59. The highest BCUT2D eigenvalue weighted by molar-refractivity contribution is 5.56. The Hall–Kier alpha value is -1.78. The molecule has 0 aliphatic rings. The molecule has 1 aromatic rings. The van der Waals surface area contributed by atoms with Gasteiger partial charge in [-0.1, -0.05) is 13.3 Å². The molecule has 0 aliphatic heterocycles. The van der Waals surface area contributed by atoms with Gasteiger partial charge in [0, 0.05) is 6.07 Å². The molecule has 0 aliphatic carbocycles. The lowest BCUT2D eigenvalue weighted by atomic mass is 10.1. The number of hydrogen-bond acceptors (Lipinski definition) is 4. The number of benzene rings is 1. The second-order valence-electron chi connectivity index (χ2n) is 3.34. The van der Waals surface area contributed by atoms with Gasteiger partial charge in [-0.15, -0.1) is 0 Å². The molecule has 0 heterocycles. The van der Waals surface area contributed by atoms with Crippen molar-refractivity contribution in [3.05, 3.63) is 27.8 Å². The average Bonchev–Trinajstić information content (AvgIpc) is 2.19. The van der Waals surface area contributed by atoms with Crippen molar-refractivity contribution in [1.82, 2.24) is 0 Å². The molecule has 0 aromatic heterocycles. The molecule has 82 valence electrons. The van der Waals surface area contributed by atoms with Crippen LogP contribution >= 0.6 is 0 Å². The third-order valence-electron chi connectivity index (χ3n) is 2.15. The molecule has 5 heteroatoms. The highest BCUT2D eigenvalue weighted by Gasteiger charge is 2.18. The van der Waals surface area contributed by atoms with Crippen LogP contribution < -0.4 is 0 Å². The van der Waals surface area contributed by atoms with Crippen molar-refractivity contribution in [2.45, 2.75) is 26.2 Å². The first-order valence-electron chi connectivity index (χ1n) is 4.75. The summed E-state index contributed by atoms with van der Waals surface area (Å²) in [6, 6.07) is 2.66. The first-order chi connectivity index (χ1) is 7.06. The van der Waals surface area contributed by atoms with Gasteiger partial charge >= 0.3 is 5.69 Å². The Labute approximate surface area is 87.1 Å². The number of nitrogens with zero attached hydrogens (tertiary/aromatic N) is 1. The molecular weight excluding hydrogens is 198 g/mol. The predicted molar refractivity (Wildman–Crippen MR) is 55.0 cm³/mol. The highest BCUT2D eigenvalue weighted by Crippen LogP contribution is 2.36. The fourth-order valence-corrected chi connectivity index (χ4v) is 1.33. The Balaban J connectivity index is 3.06. The van der Waals surface area contributed by atoms with Crippen LogP contribution in [0.3, 0.4) is 0 Å². The summed E-state index contributed by atoms with van der Waals surface area (Å²) >= 11 is 0. The Morgan fingerprint density at radius 1 is 1.40 bits per heavy atom. The van der Waals surface area contributed by atoms with E-state index in [0.717, 1.165) is 12.8 Å². The lowest BCUT2D eigenvalue weighted by Gasteiger charge is -2.03. The van der Waals surface area contributed by atoms with Crippen LogP contribution in [0, 0.1) is 10.1 Å². The molecule has 0 fully saturated rings. The Morgan fingerprint density at radius 2 is 2.07 bits per heavy atom. The molecule has 0 amide bonds. The number of phenols is 2. The predicted octanol–water partition coefficient (Wildman–Crippen LogP) is 2.35. The summed E-state index contributed by atoms with van der Waals surface area (Å²) in [7, 11) is 0. The molecular formula is C10H13NO4. The maximum atomic E-state index is 10.5. The van der Waals surface area contributed by atoms with Crippen molar-refractivity contribution in [3.8, 4) is 11.5 Å². The Kier molecular flexibility index (Phi) is 3.49. The molecule has 0 unspecified atom stereocenters. The maximum absolute atomic E-state index is 10.5. The minimum Gasteiger partial charge on any atom is -0.504 e. The van der Waals surface area contributed by atoms with Gasteiger partial charge in [0.05, 0.1) is 4.92 Å². The quantitative estimate of drug-likeness (QED) is 0.455. The molecule has 0 radical (unpaired) electrons. The van der Waals surface area contributed by atoms with E-state index in [1.54, 1.807) is 0 Å². The van der Waals surface area contributed by atoms with Gasteiger partial charge in [0.1, 0.15) is 0 Å². The van der Waals surface area contributed by atoms with Crippen LogP contribution in [0.2, 0.25) is 0 Å². The SMILES string of the molecule is CCCCc1cc(O)c(O)c([N+](=O)[O-])c1. The van der Waals surface area contributed by atoms with Gasteiger partial charge in [-0.3, -0.25) is 10.1 Å². The summed E-state index contributed by atoms with van der Waals surface area (Å²) in [5.74, 6) is -1.10. The van der Waals surface area contributed by atoms with Gasteiger partial charge in [0.2, 0.25) is 5.75 Å². The van der Waals surface area contributed by atoms with Crippen LogP contribution in [-0.2, 0) is 6.42 Å². The summed E-state index contributed by atoms with van der Waals surface area (Å²) in [5.41, 5.74) is 0.222. The van der Waals surface area contributed by atoms with Crippen molar-refractivity contribution in [2.75, 3.05) is 0 Å². The van der Waals surface area contributed by atoms with Crippen molar-refractivity contribution in [3.63, 3.8) is 0 Å². The van der Waals surface area contributed by atoms with Crippen LogP contribution in [0.1, 0.15) is 25.3 Å². The lowest BCUT2D eigenvalue weighted by Crippen LogP contribution is -1.92. The molecule has 0 saturated heterocycles. The summed E-state index contributed by atoms with van der Waals surface area (Å²) in [5, 5.41) is 29.0. The average molecular weight is 211 g/mol. The van der Waals surface area contributed by atoms with E-state index in [1.807, 2.05) is 6.92 Å². The number of aromatic hydroxyl groups is 2. The fourth-order valence-electron chi connectivity index (χ4n) is 1.33. The second kappa shape index (κ2) is 4.63. The van der Waals surface area contributed by atoms with Gasteiger partial charge < -0.3 is 10.2 Å². The first-order valence-corrected chi connectivity index (χ1v) is 4.75. The van der Waals surface area contributed by atoms with E-state index in [9.17, 15) is 20.3 Å². The number of phenolic OH excluding ortho intramolecular Hbond substituents is 2. The summed E-state index contributed by atoms with van der Waals surface area (Å²) in [6.07, 6.45) is 2.52. The Morgan fingerprint density at radius 3 is 2.60 bits per heavy atom. The van der Waals surface area contributed by atoms with Crippen LogP contribution in [0.4, 0.5) is 5.69 Å². The van der Waals surface area contributed by atoms with E-state index in [1.165, 1.54) is 12.1 Å². The molecule has 2 N–H and O–H groups in total. The van der Waals surface area contributed by atoms with Gasteiger partial charge in [0.15, 0.2) is 5.75 Å². The molecule has 0 bridgehead atoms. The topological polar surface area (TPSA) is 83.6 Å². The lowest BCUT2D eigenvalue weighted by molar-refractivity contribution is -0.386. The fraction of sp³-hybridized carbons (Fsp3) is 0.400. The van der Waals surface area contributed by atoms with Crippen LogP contribution in [0.25, 0.3) is 0 Å². The van der Waals surface area contributed by atoms with E-state index in [4.69, 9.17) is 0 Å². The van der Waals surface area contributed by atoms with Gasteiger partial charge in [-0.2, -0.15) is 0 Å². The van der Waals surface area contributed by atoms with Crippen molar-refractivity contribution in [2.24, 2.45) is 0 Å². The first kappa shape index (κ1) is 11.3. The number of nitro groups is 1. The molecule has 0 spiro atoms.